The lowest BCUT2D eigenvalue weighted by Gasteiger charge is -2.26. The second-order valence-corrected chi connectivity index (χ2v) is 8.00. The van der Waals surface area contributed by atoms with E-state index in [9.17, 15) is 4.79 Å². The Bertz CT molecular complexity index is 708. The topological polar surface area (TPSA) is 82.8 Å². The quantitative estimate of drug-likeness (QED) is 0.753. The van der Waals surface area contributed by atoms with Crippen LogP contribution in [-0.2, 0) is 16.0 Å². The number of rotatable bonds is 6. The summed E-state index contributed by atoms with van der Waals surface area (Å²) in [6.07, 6.45) is 3.76. The second-order valence-electron chi connectivity index (χ2n) is 8.00. The van der Waals surface area contributed by atoms with E-state index in [1.165, 1.54) is 5.56 Å². The van der Waals surface area contributed by atoms with Crippen LogP contribution >= 0.6 is 12.4 Å². The number of carbonyl (C=O) groups excluding carboxylic acids is 1. The van der Waals surface area contributed by atoms with Gasteiger partial charge in [0.15, 0.2) is 0 Å². The van der Waals surface area contributed by atoms with Gasteiger partial charge < -0.3 is 25.3 Å². The fraction of sp³-hybridized carbons (Fsp3) is 0.667. The van der Waals surface area contributed by atoms with E-state index in [1.807, 2.05) is 6.92 Å². The standard InChI is InChI=1S/C21H30N2O4.ClH/c1-3-26-19-9-14-8-12(2)27-18(14)11-16(19)15-10-17(15)23-21(24)20(22)13-4-6-25-7-5-13;/h9,11-13,15,17,20H,3-8,10,22H2,1-2H3,(H,23,24);1H. The van der Waals surface area contributed by atoms with Crippen LogP contribution in [-0.4, -0.2) is 43.9 Å². The zero-order chi connectivity index (χ0) is 19.0. The maximum Gasteiger partial charge on any atom is 0.237 e. The van der Waals surface area contributed by atoms with Crippen molar-refractivity contribution < 1.29 is 19.0 Å². The van der Waals surface area contributed by atoms with Gasteiger partial charge in [0, 0.05) is 42.7 Å². The zero-order valence-electron chi connectivity index (χ0n) is 16.6. The average molecular weight is 411 g/mol. The summed E-state index contributed by atoms with van der Waals surface area (Å²) >= 11 is 0. The SMILES string of the molecule is CCOc1cc2c(cc1C1CC1NC(=O)C(N)C1CCOCC1)OC(C)C2.Cl. The Morgan fingerprint density at radius 3 is 2.82 bits per heavy atom. The van der Waals surface area contributed by atoms with Crippen LogP contribution in [0.2, 0.25) is 0 Å². The number of hydrogen-bond donors (Lipinski definition) is 2. The number of nitrogens with one attached hydrogen (secondary N) is 1. The van der Waals surface area contributed by atoms with E-state index in [1.54, 1.807) is 0 Å². The lowest BCUT2D eigenvalue weighted by molar-refractivity contribution is -0.124. The van der Waals surface area contributed by atoms with Crippen LogP contribution in [0.5, 0.6) is 11.5 Å². The minimum absolute atomic E-state index is 0. The van der Waals surface area contributed by atoms with Gasteiger partial charge in [0.1, 0.15) is 17.6 Å². The molecule has 1 aromatic carbocycles. The highest BCUT2D eigenvalue weighted by Crippen LogP contribution is 2.48. The van der Waals surface area contributed by atoms with Crippen LogP contribution in [0.1, 0.15) is 50.2 Å². The minimum atomic E-state index is -0.453. The molecule has 3 N–H and O–H groups in total. The smallest absolute Gasteiger partial charge is 0.237 e. The molecule has 3 aliphatic rings. The van der Waals surface area contributed by atoms with Crippen molar-refractivity contribution in [2.45, 2.75) is 63.6 Å². The maximum atomic E-state index is 12.6. The molecule has 0 aromatic heterocycles. The number of nitrogens with two attached hydrogens (primary N) is 1. The van der Waals surface area contributed by atoms with Gasteiger partial charge in [0.05, 0.1) is 12.6 Å². The molecule has 2 fully saturated rings. The summed E-state index contributed by atoms with van der Waals surface area (Å²) in [6.45, 7) is 6.10. The van der Waals surface area contributed by atoms with Gasteiger partial charge in [0.25, 0.3) is 0 Å². The van der Waals surface area contributed by atoms with Crippen LogP contribution < -0.4 is 20.5 Å². The van der Waals surface area contributed by atoms with Crippen molar-refractivity contribution >= 4 is 18.3 Å². The average Bonchev–Trinajstić information content (AvgIpc) is 3.32. The molecule has 156 valence electrons. The highest BCUT2D eigenvalue weighted by molar-refractivity contribution is 5.85. The molecule has 1 saturated carbocycles. The van der Waals surface area contributed by atoms with Crippen LogP contribution in [0, 0.1) is 5.92 Å². The van der Waals surface area contributed by atoms with Crippen molar-refractivity contribution in [2.24, 2.45) is 11.7 Å². The Kier molecular flexibility index (Phi) is 6.73. The molecule has 28 heavy (non-hydrogen) atoms. The van der Waals surface area contributed by atoms with Crippen molar-refractivity contribution in [1.29, 1.82) is 0 Å². The fourth-order valence-corrected chi connectivity index (χ4v) is 4.29. The summed E-state index contributed by atoms with van der Waals surface area (Å²) in [5.41, 5.74) is 8.55. The Morgan fingerprint density at radius 2 is 2.11 bits per heavy atom. The summed E-state index contributed by atoms with van der Waals surface area (Å²) in [5, 5.41) is 3.14. The van der Waals surface area contributed by atoms with E-state index in [2.05, 4.69) is 24.4 Å². The minimum Gasteiger partial charge on any atom is -0.494 e. The van der Waals surface area contributed by atoms with Gasteiger partial charge in [-0.3, -0.25) is 4.79 Å². The first-order valence-corrected chi connectivity index (χ1v) is 10.2. The van der Waals surface area contributed by atoms with Gasteiger partial charge in [-0.15, -0.1) is 12.4 Å². The third-order valence-electron chi connectivity index (χ3n) is 5.92. The maximum absolute atomic E-state index is 12.6. The zero-order valence-corrected chi connectivity index (χ0v) is 17.4. The number of ether oxygens (including phenoxy) is 3. The summed E-state index contributed by atoms with van der Waals surface area (Å²) in [7, 11) is 0. The van der Waals surface area contributed by atoms with E-state index in [0.29, 0.717) is 19.8 Å². The molecule has 4 rings (SSSR count). The Balaban J connectivity index is 0.00000225. The van der Waals surface area contributed by atoms with Crippen molar-refractivity contribution in [2.75, 3.05) is 19.8 Å². The third kappa shape index (κ3) is 4.39. The summed E-state index contributed by atoms with van der Waals surface area (Å²) in [5.74, 6) is 2.31. The third-order valence-corrected chi connectivity index (χ3v) is 5.92. The van der Waals surface area contributed by atoms with Crippen molar-refractivity contribution in [3.63, 3.8) is 0 Å². The molecule has 2 heterocycles. The molecule has 6 nitrogen and oxygen atoms in total. The van der Waals surface area contributed by atoms with Gasteiger partial charge in [-0.1, -0.05) is 0 Å². The van der Waals surface area contributed by atoms with E-state index >= 15 is 0 Å². The van der Waals surface area contributed by atoms with Crippen LogP contribution in [0.3, 0.4) is 0 Å². The first-order valence-electron chi connectivity index (χ1n) is 10.2. The molecule has 1 aromatic rings. The van der Waals surface area contributed by atoms with E-state index in [4.69, 9.17) is 19.9 Å². The summed E-state index contributed by atoms with van der Waals surface area (Å²) in [6, 6.07) is 3.90. The summed E-state index contributed by atoms with van der Waals surface area (Å²) < 4.78 is 17.2. The van der Waals surface area contributed by atoms with Crippen LogP contribution in [0.15, 0.2) is 12.1 Å². The molecule has 4 unspecified atom stereocenters. The van der Waals surface area contributed by atoms with E-state index in [-0.39, 0.29) is 42.3 Å². The number of carbonyl (C=O) groups is 1. The number of hydrogen-bond acceptors (Lipinski definition) is 5. The molecule has 1 saturated heterocycles. The Labute approximate surface area is 172 Å². The largest absolute Gasteiger partial charge is 0.494 e. The molecular weight excluding hydrogens is 380 g/mol. The number of amides is 1. The van der Waals surface area contributed by atoms with Gasteiger partial charge in [0.2, 0.25) is 5.91 Å². The molecule has 0 spiro atoms. The Hall–Kier alpha value is -1.50. The van der Waals surface area contributed by atoms with Crippen molar-refractivity contribution in [3.05, 3.63) is 23.3 Å². The molecule has 1 amide bonds. The first-order chi connectivity index (χ1) is 13.1. The van der Waals surface area contributed by atoms with Gasteiger partial charge in [-0.05, 0) is 51.2 Å². The highest BCUT2D eigenvalue weighted by Gasteiger charge is 2.43. The van der Waals surface area contributed by atoms with E-state index < -0.39 is 6.04 Å². The molecule has 7 heteroatoms. The number of halogens is 1. The van der Waals surface area contributed by atoms with Crippen LogP contribution in [0.4, 0.5) is 0 Å². The van der Waals surface area contributed by atoms with Crippen molar-refractivity contribution in [1.82, 2.24) is 5.32 Å². The number of fused-ring (bicyclic) bond motifs is 1. The summed E-state index contributed by atoms with van der Waals surface area (Å²) in [4.78, 5) is 12.6. The predicted molar refractivity (Wildman–Crippen MR) is 109 cm³/mol. The molecule has 0 radical (unpaired) electrons. The van der Waals surface area contributed by atoms with Gasteiger partial charge >= 0.3 is 0 Å². The first kappa shape index (κ1) is 21.2. The monoisotopic (exact) mass is 410 g/mol. The lowest BCUT2D eigenvalue weighted by Crippen LogP contribution is -2.47. The molecular formula is C21H31ClN2O4. The lowest BCUT2D eigenvalue weighted by atomic mass is 9.92. The van der Waals surface area contributed by atoms with Gasteiger partial charge in [-0.2, -0.15) is 0 Å². The highest BCUT2D eigenvalue weighted by atomic mass is 35.5. The molecule has 0 bridgehead atoms. The molecule has 1 aliphatic carbocycles. The van der Waals surface area contributed by atoms with Crippen LogP contribution in [0.25, 0.3) is 0 Å². The number of benzene rings is 1. The second kappa shape index (κ2) is 8.89. The van der Waals surface area contributed by atoms with Crippen molar-refractivity contribution in [3.8, 4) is 11.5 Å². The molecule has 4 atom stereocenters. The van der Waals surface area contributed by atoms with Gasteiger partial charge in [-0.25, -0.2) is 0 Å². The predicted octanol–water partition coefficient (Wildman–Crippen LogP) is 2.56. The molecule has 2 aliphatic heterocycles. The van der Waals surface area contributed by atoms with E-state index in [0.717, 1.165) is 42.7 Å². The normalized spacial score (nSPS) is 27.2. The Morgan fingerprint density at radius 1 is 1.36 bits per heavy atom. The fourth-order valence-electron chi connectivity index (χ4n) is 4.29.